The molecule has 0 radical (unpaired) electrons. The second kappa shape index (κ2) is 6.44. The fourth-order valence-corrected chi connectivity index (χ4v) is 1.88. The van der Waals surface area contributed by atoms with Gasteiger partial charge in [0.05, 0.1) is 6.54 Å². The lowest BCUT2D eigenvalue weighted by molar-refractivity contribution is -0.125. The number of phenolic OH excluding ortho intramolecular Hbond substituents is 1. The Morgan fingerprint density at radius 1 is 1.38 bits per heavy atom. The number of carbonyl (C=O) groups is 1. The molecule has 0 aliphatic carbocycles. The van der Waals surface area contributed by atoms with E-state index >= 15 is 0 Å². The molecule has 106 valence electrons. The van der Waals surface area contributed by atoms with E-state index in [0.29, 0.717) is 12.1 Å². The van der Waals surface area contributed by atoms with E-state index in [9.17, 15) is 9.90 Å². The number of hydrogen-bond donors (Lipinski definition) is 2. The molecule has 2 aromatic rings. The molecule has 21 heavy (non-hydrogen) atoms. The van der Waals surface area contributed by atoms with Crippen molar-refractivity contribution in [1.29, 1.82) is 5.26 Å². The zero-order valence-electron chi connectivity index (χ0n) is 11.6. The number of nitrogens with zero attached hydrogens (tertiary/aromatic N) is 2. The summed E-state index contributed by atoms with van der Waals surface area (Å²) in [7, 11) is 1.64. The predicted molar refractivity (Wildman–Crippen MR) is 79.0 cm³/mol. The molecule has 0 aliphatic rings. The van der Waals surface area contributed by atoms with Gasteiger partial charge < -0.3 is 15.0 Å². The van der Waals surface area contributed by atoms with Gasteiger partial charge in [0.1, 0.15) is 17.4 Å². The van der Waals surface area contributed by atoms with Gasteiger partial charge in [0, 0.05) is 18.9 Å². The highest BCUT2D eigenvalue weighted by Crippen LogP contribution is 2.14. The Bertz CT molecular complexity index is 679. The maximum Gasteiger partial charge on any atom is 0.264 e. The maximum absolute atomic E-state index is 12.2. The van der Waals surface area contributed by atoms with Crippen molar-refractivity contribution in [1.82, 2.24) is 9.88 Å². The maximum atomic E-state index is 12.2. The van der Waals surface area contributed by atoms with Crippen molar-refractivity contribution in [2.24, 2.45) is 0 Å². The first-order valence-electron chi connectivity index (χ1n) is 6.38. The van der Waals surface area contributed by atoms with Crippen LogP contribution in [-0.2, 0) is 11.3 Å². The van der Waals surface area contributed by atoms with E-state index in [1.165, 1.54) is 23.1 Å². The van der Waals surface area contributed by atoms with Crippen molar-refractivity contribution in [3.8, 4) is 11.8 Å². The minimum absolute atomic E-state index is 0.0507. The Kier molecular flexibility index (Phi) is 4.42. The van der Waals surface area contributed by atoms with Crippen LogP contribution in [0.2, 0.25) is 0 Å². The average Bonchev–Trinajstić information content (AvgIpc) is 2.99. The highest BCUT2D eigenvalue weighted by molar-refractivity contribution is 6.01. The van der Waals surface area contributed by atoms with Gasteiger partial charge in [-0.3, -0.25) is 4.79 Å². The van der Waals surface area contributed by atoms with Crippen LogP contribution in [0.3, 0.4) is 0 Å². The van der Waals surface area contributed by atoms with Gasteiger partial charge in [-0.25, -0.2) is 0 Å². The summed E-state index contributed by atoms with van der Waals surface area (Å²) >= 11 is 0. The number of carbonyl (C=O) groups excluding carboxylic acids is 1. The van der Waals surface area contributed by atoms with Gasteiger partial charge in [-0.05, 0) is 35.9 Å². The predicted octanol–water partition coefficient (Wildman–Crippen LogP) is 2.29. The molecule has 0 atom stereocenters. The minimum atomic E-state index is -0.347. The van der Waals surface area contributed by atoms with Crippen LogP contribution in [-0.4, -0.2) is 27.9 Å². The number of H-pyrrole nitrogens is 1. The van der Waals surface area contributed by atoms with Crippen LogP contribution < -0.4 is 0 Å². The number of nitriles is 1. The zero-order chi connectivity index (χ0) is 15.2. The molecule has 1 aromatic carbocycles. The van der Waals surface area contributed by atoms with E-state index < -0.39 is 0 Å². The topological polar surface area (TPSA) is 80.1 Å². The highest BCUT2D eigenvalue weighted by Gasteiger charge is 2.15. The molecule has 0 spiro atoms. The quantitative estimate of drug-likeness (QED) is 0.666. The van der Waals surface area contributed by atoms with Gasteiger partial charge >= 0.3 is 0 Å². The van der Waals surface area contributed by atoms with E-state index in [1.54, 1.807) is 25.4 Å². The molecule has 0 bridgehead atoms. The molecule has 5 nitrogen and oxygen atoms in total. The smallest absolute Gasteiger partial charge is 0.264 e. The molecule has 1 heterocycles. The van der Waals surface area contributed by atoms with Crippen LogP contribution >= 0.6 is 0 Å². The Balaban J connectivity index is 2.14. The lowest BCUT2D eigenvalue weighted by Gasteiger charge is -2.15. The Hall–Kier alpha value is -3.00. The first-order chi connectivity index (χ1) is 10.1. The van der Waals surface area contributed by atoms with E-state index in [2.05, 4.69) is 4.98 Å². The molecular formula is C16H15N3O2. The lowest BCUT2D eigenvalue weighted by Crippen LogP contribution is -2.27. The van der Waals surface area contributed by atoms with Crippen molar-refractivity contribution < 1.29 is 9.90 Å². The average molecular weight is 281 g/mol. The molecule has 0 aliphatic heterocycles. The van der Waals surface area contributed by atoms with Crippen molar-refractivity contribution in [2.75, 3.05) is 7.05 Å². The van der Waals surface area contributed by atoms with Crippen LogP contribution in [0.15, 0.2) is 48.2 Å². The number of benzene rings is 1. The number of aromatic amines is 1. The summed E-state index contributed by atoms with van der Waals surface area (Å²) in [5.41, 5.74) is 1.63. The van der Waals surface area contributed by atoms with Crippen molar-refractivity contribution >= 4 is 12.0 Å². The third kappa shape index (κ3) is 3.74. The molecule has 5 heteroatoms. The second-order valence-corrected chi connectivity index (χ2v) is 4.62. The normalized spacial score (nSPS) is 11.0. The fourth-order valence-electron chi connectivity index (χ4n) is 1.88. The van der Waals surface area contributed by atoms with E-state index in [1.807, 2.05) is 18.2 Å². The van der Waals surface area contributed by atoms with Gasteiger partial charge in [-0.1, -0.05) is 12.1 Å². The van der Waals surface area contributed by atoms with Crippen LogP contribution in [0.25, 0.3) is 6.08 Å². The molecule has 1 aromatic heterocycles. The molecule has 0 saturated heterocycles. The van der Waals surface area contributed by atoms with Crippen molar-refractivity contribution in [3.05, 3.63) is 59.4 Å². The summed E-state index contributed by atoms with van der Waals surface area (Å²) in [6.45, 7) is 0.403. The molecular weight excluding hydrogens is 266 g/mol. The summed E-state index contributed by atoms with van der Waals surface area (Å²) in [6.07, 6.45) is 3.29. The SMILES string of the molecule is CN(Cc1ccc[nH]1)C(=O)/C(C#N)=C/c1ccc(O)cc1. The lowest BCUT2D eigenvalue weighted by atomic mass is 10.1. The number of aromatic nitrogens is 1. The number of rotatable bonds is 4. The molecule has 0 saturated carbocycles. The number of nitrogens with one attached hydrogen (secondary N) is 1. The van der Waals surface area contributed by atoms with E-state index in [0.717, 1.165) is 5.69 Å². The summed E-state index contributed by atoms with van der Waals surface area (Å²) in [5.74, 6) is -0.207. The van der Waals surface area contributed by atoms with Crippen LogP contribution in [0.1, 0.15) is 11.3 Å². The van der Waals surface area contributed by atoms with Crippen LogP contribution in [0.5, 0.6) is 5.75 Å². The molecule has 0 unspecified atom stereocenters. The number of phenols is 1. The second-order valence-electron chi connectivity index (χ2n) is 4.62. The molecule has 2 N–H and O–H groups in total. The number of likely N-dealkylation sites (N-methyl/N-ethyl adjacent to an activating group) is 1. The van der Waals surface area contributed by atoms with Gasteiger partial charge in [0.15, 0.2) is 0 Å². The first-order valence-corrected chi connectivity index (χ1v) is 6.38. The first kappa shape index (κ1) is 14.4. The van der Waals surface area contributed by atoms with Crippen LogP contribution in [0, 0.1) is 11.3 Å². The Labute approximate surface area is 122 Å². The van der Waals surface area contributed by atoms with Crippen molar-refractivity contribution in [2.45, 2.75) is 6.54 Å². The van der Waals surface area contributed by atoms with Gasteiger partial charge in [0.2, 0.25) is 0 Å². The Morgan fingerprint density at radius 2 is 2.10 bits per heavy atom. The summed E-state index contributed by atoms with van der Waals surface area (Å²) in [6, 6.07) is 12.0. The van der Waals surface area contributed by atoms with E-state index in [-0.39, 0.29) is 17.2 Å². The third-order valence-corrected chi connectivity index (χ3v) is 2.97. The van der Waals surface area contributed by atoms with E-state index in [4.69, 9.17) is 5.26 Å². The Morgan fingerprint density at radius 3 is 2.67 bits per heavy atom. The highest BCUT2D eigenvalue weighted by atomic mass is 16.3. The molecule has 1 amide bonds. The minimum Gasteiger partial charge on any atom is -0.508 e. The fraction of sp³-hybridized carbons (Fsp3) is 0.125. The zero-order valence-corrected chi connectivity index (χ0v) is 11.6. The number of amides is 1. The number of aromatic hydroxyl groups is 1. The van der Waals surface area contributed by atoms with Gasteiger partial charge in [-0.15, -0.1) is 0 Å². The summed E-state index contributed by atoms with van der Waals surface area (Å²) in [5, 5.41) is 18.4. The molecule has 0 fully saturated rings. The number of hydrogen-bond acceptors (Lipinski definition) is 3. The monoisotopic (exact) mass is 281 g/mol. The van der Waals surface area contributed by atoms with Crippen LogP contribution in [0.4, 0.5) is 0 Å². The van der Waals surface area contributed by atoms with Gasteiger partial charge in [-0.2, -0.15) is 5.26 Å². The van der Waals surface area contributed by atoms with Crippen molar-refractivity contribution in [3.63, 3.8) is 0 Å². The largest absolute Gasteiger partial charge is 0.508 e. The van der Waals surface area contributed by atoms with Gasteiger partial charge in [0.25, 0.3) is 5.91 Å². The standard InChI is InChI=1S/C16H15N3O2/c1-19(11-14-3-2-8-18-14)16(21)13(10-17)9-12-4-6-15(20)7-5-12/h2-9,18,20H,11H2,1H3/b13-9+. The molecule has 2 rings (SSSR count). The summed E-state index contributed by atoms with van der Waals surface area (Å²) in [4.78, 5) is 16.7. The third-order valence-electron chi connectivity index (χ3n) is 2.97. The summed E-state index contributed by atoms with van der Waals surface area (Å²) < 4.78 is 0.